The zero-order chi connectivity index (χ0) is 36.5. The zero-order valence-corrected chi connectivity index (χ0v) is 27.0. The van der Waals surface area contributed by atoms with Gasteiger partial charge in [-0.1, -0.05) is 60.7 Å². The lowest BCUT2D eigenvalue weighted by atomic mass is 9.84. The molecule has 16 nitrogen and oxygen atoms in total. The molecule has 0 saturated carbocycles. The number of carboxylic acid groups (broad SMARTS) is 4. The second-order valence-electron chi connectivity index (χ2n) is 10.8. The van der Waals surface area contributed by atoms with Gasteiger partial charge in [0.05, 0.1) is 6.42 Å². The van der Waals surface area contributed by atoms with Gasteiger partial charge in [0.15, 0.2) is 0 Å². The number of nitrogens with one attached hydrogen (secondary N) is 4. The normalized spacial score (nSPS) is 13.2. The van der Waals surface area contributed by atoms with Gasteiger partial charge in [0.25, 0.3) is 0 Å². The Hall–Kier alpha value is -5.45. The predicted octanol–water partition coefficient (Wildman–Crippen LogP) is 0.367. The van der Waals surface area contributed by atoms with Gasteiger partial charge in [0, 0.05) is 30.9 Å². The Balaban J connectivity index is 2.51. The van der Waals surface area contributed by atoms with Crippen LogP contribution in [0, 0.1) is 0 Å². The van der Waals surface area contributed by atoms with Crippen molar-refractivity contribution in [1.29, 1.82) is 0 Å². The van der Waals surface area contributed by atoms with Crippen LogP contribution in [-0.2, 0) is 38.4 Å². The van der Waals surface area contributed by atoms with Crippen molar-refractivity contribution in [3.8, 4) is 0 Å². The minimum atomic E-state index is -1.64. The lowest BCUT2D eigenvalue weighted by molar-refractivity contribution is -0.142. The fourth-order valence-electron chi connectivity index (χ4n) is 4.73. The average molecular weight is 703 g/mol. The highest BCUT2D eigenvalue weighted by atomic mass is 32.1. The lowest BCUT2D eigenvalue weighted by Gasteiger charge is -2.30. The maximum absolute atomic E-state index is 14.1. The van der Waals surface area contributed by atoms with Gasteiger partial charge in [-0.25, -0.2) is 4.79 Å². The van der Waals surface area contributed by atoms with Gasteiger partial charge >= 0.3 is 23.9 Å². The molecular weight excluding hydrogens is 664 g/mol. The second-order valence-corrected chi connectivity index (χ2v) is 11.2. The summed E-state index contributed by atoms with van der Waals surface area (Å²) in [4.78, 5) is 98.7. The van der Waals surface area contributed by atoms with Crippen LogP contribution >= 0.6 is 12.6 Å². The summed E-state index contributed by atoms with van der Waals surface area (Å²) >= 11 is 3.87. The summed E-state index contributed by atoms with van der Waals surface area (Å²) in [5.74, 6) is -10.5. The van der Waals surface area contributed by atoms with E-state index < -0.39 is 116 Å². The molecule has 0 aliphatic carbocycles. The van der Waals surface area contributed by atoms with Crippen LogP contribution in [0.5, 0.6) is 0 Å². The van der Waals surface area contributed by atoms with Crippen LogP contribution in [0.1, 0.15) is 55.6 Å². The summed E-state index contributed by atoms with van der Waals surface area (Å²) in [7, 11) is 0. The average Bonchev–Trinajstić information content (AvgIpc) is 3.06. The van der Waals surface area contributed by atoms with Crippen LogP contribution in [0.15, 0.2) is 60.7 Å². The Morgan fingerprint density at radius 2 is 0.939 bits per heavy atom. The third-order valence-corrected chi connectivity index (χ3v) is 7.54. The van der Waals surface area contributed by atoms with E-state index in [1.807, 2.05) is 0 Å². The Bertz CT molecular complexity index is 1450. The van der Waals surface area contributed by atoms with Crippen LogP contribution < -0.4 is 21.3 Å². The number of amides is 4. The largest absolute Gasteiger partial charge is 0.481 e. The molecule has 49 heavy (non-hydrogen) atoms. The molecule has 2 aromatic rings. The second kappa shape index (κ2) is 20.0. The number of benzene rings is 2. The van der Waals surface area contributed by atoms with Gasteiger partial charge in [0.2, 0.25) is 23.6 Å². The van der Waals surface area contributed by atoms with E-state index in [1.54, 1.807) is 60.7 Å². The van der Waals surface area contributed by atoms with E-state index in [4.69, 9.17) is 10.2 Å². The van der Waals surface area contributed by atoms with Crippen molar-refractivity contribution in [1.82, 2.24) is 21.3 Å². The Morgan fingerprint density at radius 3 is 1.33 bits per heavy atom. The maximum atomic E-state index is 14.1. The molecule has 264 valence electrons. The number of carboxylic acids is 4. The van der Waals surface area contributed by atoms with E-state index in [-0.39, 0.29) is 5.75 Å². The number of hydrogen-bond acceptors (Lipinski definition) is 9. The van der Waals surface area contributed by atoms with Gasteiger partial charge in [-0.2, -0.15) is 12.6 Å². The first kappa shape index (κ1) is 39.7. The zero-order valence-electron chi connectivity index (χ0n) is 26.1. The number of hydrogen-bond donors (Lipinski definition) is 9. The molecule has 4 amide bonds. The summed E-state index contributed by atoms with van der Waals surface area (Å²) in [6.45, 7) is 0. The third-order valence-electron chi connectivity index (χ3n) is 7.17. The topological polar surface area (TPSA) is 266 Å². The van der Waals surface area contributed by atoms with Gasteiger partial charge in [-0.05, 0) is 24.0 Å². The summed E-state index contributed by atoms with van der Waals surface area (Å²) in [6, 6.07) is 10.8. The molecule has 0 fully saturated rings. The number of carbonyl (C=O) groups excluding carboxylic acids is 4. The van der Waals surface area contributed by atoms with Crippen LogP contribution in [0.3, 0.4) is 0 Å². The predicted molar refractivity (Wildman–Crippen MR) is 175 cm³/mol. The molecule has 8 N–H and O–H groups in total. The summed E-state index contributed by atoms with van der Waals surface area (Å²) in [5, 5.41) is 46.3. The lowest BCUT2D eigenvalue weighted by Crippen LogP contribution is -2.58. The van der Waals surface area contributed by atoms with E-state index in [2.05, 4.69) is 33.9 Å². The first-order valence-corrected chi connectivity index (χ1v) is 15.7. The van der Waals surface area contributed by atoms with Crippen LogP contribution in [0.4, 0.5) is 0 Å². The van der Waals surface area contributed by atoms with Crippen molar-refractivity contribution >= 4 is 60.1 Å². The van der Waals surface area contributed by atoms with Gasteiger partial charge < -0.3 is 41.7 Å². The number of carbonyl (C=O) groups is 8. The molecule has 0 aliphatic heterocycles. The highest BCUT2D eigenvalue weighted by Crippen LogP contribution is 2.29. The highest BCUT2D eigenvalue weighted by molar-refractivity contribution is 7.80. The van der Waals surface area contributed by atoms with Gasteiger partial charge in [-0.15, -0.1) is 0 Å². The fourth-order valence-corrected chi connectivity index (χ4v) is 4.98. The van der Waals surface area contributed by atoms with Gasteiger partial charge in [-0.3, -0.25) is 33.6 Å². The van der Waals surface area contributed by atoms with Gasteiger partial charge in [0.1, 0.15) is 24.2 Å². The van der Waals surface area contributed by atoms with Crippen molar-refractivity contribution < 1.29 is 58.8 Å². The summed E-state index contributed by atoms with van der Waals surface area (Å²) < 4.78 is 0. The smallest absolute Gasteiger partial charge is 0.327 e. The van der Waals surface area contributed by atoms with E-state index >= 15 is 0 Å². The van der Waals surface area contributed by atoms with E-state index in [9.17, 15) is 48.6 Å². The van der Waals surface area contributed by atoms with Crippen molar-refractivity contribution in [2.75, 3.05) is 5.75 Å². The molecular formula is C32H38N4O12S. The minimum Gasteiger partial charge on any atom is -0.481 e. The molecule has 2 rings (SSSR count). The molecule has 0 saturated heterocycles. The quantitative estimate of drug-likeness (QED) is 0.0799. The van der Waals surface area contributed by atoms with Crippen molar-refractivity contribution in [2.45, 2.75) is 68.6 Å². The standard InChI is InChI=1S/C32H38N4O12S/c37-23(13-16-26(42)43)36-28(27(18-7-3-1-4-8-18)19-9-5-2-6-10-19)31(46)34-21(12-15-25(40)41)29(44)33-20(11-14-24(38)39)30(45)35-22(17-49)32(47)48/h1-10,20-22,27-28,49H,11-17H2,(H,33,44)(H,34,46)(H,35,45)(H,36,37)(H,38,39)(H,40,41)(H,42,43)(H,47,48)/t20-,21-,22+,28-/m0/s1. The first-order chi connectivity index (χ1) is 23.2. The van der Waals surface area contributed by atoms with E-state index in [0.29, 0.717) is 11.1 Å². The molecule has 0 spiro atoms. The maximum Gasteiger partial charge on any atom is 0.327 e. The van der Waals surface area contributed by atoms with Crippen molar-refractivity contribution in [3.63, 3.8) is 0 Å². The number of aliphatic carboxylic acids is 4. The van der Waals surface area contributed by atoms with Crippen molar-refractivity contribution in [3.05, 3.63) is 71.8 Å². The summed E-state index contributed by atoms with van der Waals surface area (Å²) in [5.41, 5.74) is 1.11. The van der Waals surface area contributed by atoms with Crippen molar-refractivity contribution in [2.24, 2.45) is 0 Å². The monoisotopic (exact) mass is 702 g/mol. The number of thiol groups is 1. The molecule has 0 bridgehead atoms. The van der Waals surface area contributed by atoms with Crippen LogP contribution in [-0.4, -0.2) is 97.9 Å². The molecule has 0 heterocycles. The molecule has 4 atom stereocenters. The van der Waals surface area contributed by atoms with E-state index in [1.165, 1.54) is 0 Å². The SMILES string of the molecule is O=C(O)CCC(=O)N[C@H](C(=O)N[C@@H](CCC(=O)O)C(=O)N[C@@H](CCC(=O)O)C(=O)N[C@H](CS)C(=O)O)C(c1ccccc1)c1ccccc1. The molecule has 0 unspecified atom stereocenters. The first-order valence-electron chi connectivity index (χ1n) is 15.0. The molecule has 2 aromatic carbocycles. The molecule has 0 aromatic heterocycles. The van der Waals surface area contributed by atoms with Crippen LogP contribution in [0.25, 0.3) is 0 Å². The Morgan fingerprint density at radius 1 is 0.531 bits per heavy atom. The number of rotatable bonds is 21. The highest BCUT2D eigenvalue weighted by Gasteiger charge is 2.36. The summed E-state index contributed by atoms with van der Waals surface area (Å²) in [6.07, 6.45) is -3.28. The fraction of sp³-hybridized carbons (Fsp3) is 0.375. The third kappa shape index (κ3) is 13.7. The molecule has 0 radical (unpaired) electrons. The Labute approximate surface area is 286 Å². The molecule has 17 heteroatoms. The van der Waals surface area contributed by atoms with E-state index in [0.717, 1.165) is 0 Å². The van der Waals surface area contributed by atoms with Crippen LogP contribution in [0.2, 0.25) is 0 Å². The minimum absolute atomic E-state index is 0.332. The Kier molecular flexibility index (Phi) is 16.2. The molecule has 0 aliphatic rings.